The van der Waals surface area contributed by atoms with Gasteiger partial charge in [-0.2, -0.15) is 5.10 Å². The van der Waals surface area contributed by atoms with Crippen LogP contribution in [0, 0.1) is 0 Å². The molecule has 150 valence electrons. The van der Waals surface area contributed by atoms with Crippen LogP contribution in [-0.4, -0.2) is 30.8 Å². The average Bonchev–Trinajstić information content (AvgIpc) is 3.17. The first kappa shape index (κ1) is 19.5. The predicted molar refractivity (Wildman–Crippen MR) is 115 cm³/mol. The van der Waals surface area contributed by atoms with E-state index in [4.69, 9.17) is 10.1 Å². The van der Waals surface area contributed by atoms with Gasteiger partial charge in [0.15, 0.2) is 5.82 Å². The van der Waals surface area contributed by atoms with Gasteiger partial charge in [-0.1, -0.05) is 61.5 Å². The van der Waals surface area contributed by atoms with Crippen LogP contribution in [-0.2, 0) is 13.0 Å². The second kappa shape index (κ2) is 8.69. The van der Waals surface area contributed by atoms with Crippen molar-refractivity contribution in [1.82, 2.24) is 19.7 Å². The summed E-state index contributed by atoms with van der Waals surface area (Å²) in [6.07, 6.45) is 4.70. The van der Waals surface area contributed by atoms with Gasteiger partial charge in [-0.25, -0.2) is 14.5 Å². The first-order valence-corrected chi connectivity index (χ1v) is 9.91. The molecular weight excluding hydrogens is 376 g/mol. The van der Waals surface area contributed by atoms with Gasteiger partial charge in [-0.15, -0.1) is 0 Å². The Bertz CT molecular complexity index is 1150. The van der Waals surface area contributed by atoms with Crippen LogP contribution >= 0.6 is 0 Å². The zero-order valence-corrected chi connectivity index (χ0v) is 16.7. The minimum Gasteiger partial charge on any atom is -0.478 e. The SMILES string of the molecule is CCCn1nc(-c2ccccc2)nc1Cc1ccc(-c2cnccc2C(=O)O)cc1. The maximum atomic E-state index is 11.5. The van der Waals surface area contributed by atoms with Crippen molar-refractivity contribution >= 4 is 5.97 Å². The second-order valence-corrected chi connectivity index (χ2v) is 7.04. The van der Waals surface area contributed by atoms with E-state index < -0.39 is 5.97 Å². The maximum absolute atomic E-state index is 11.5. The Morgan fingerprint density at radius 3 is 2.47 bits per heavy atom. The molecule has 0 aliphatic rings. The number of hydrogen-bond acceptors (Lipinski definition) is 4. The van der Waals surface area contributed by atoms with Gasteiger partial charge < -0.3 is 5.11 Å². The number of aromatic nitrogens is 4. The quantitative estimate of drug-likeness (QED) is 0.488. The van der Waals surface area contributed by atoms with Gasteiger partial charge in [0.25, 0.3) is 0 Å². The highest BCUT2D eigenvalue weighted by Crippen LogP contribution is 2.24. The fourth-order valence-corrected chi connectivity index (χ4v) is 3.40. The van der Waals surface area contributed by atoms with Crippen molar-refractivity contribution in [2.45, 2.75) is 26.3 Å². The molecule has 0 aliphatic carbocycles. The summed E-state index contributed by atoms with van der Waals surface area (Å²) in [4.78, 5) is 20.3. The van der Waals surface area contributed by atoms with E-state index in [9.17, 15) is 9.90 Å². The predicted octanol–water partition coefficient (Wildman–Crippen LogP) is 4.71. The number of carbonyl (C=O) groups is 1. The van der Waals surface area contributed by atoms with Crippen LogP contribution in [0.1, 0.15) is 35.1 Å². The molecule has 0 aliphatic heterocycles. The molecule has 0 fully saturated rings. The molecule has 30 heavy (non-hydrogen) atoms. The Kier molecular flexibility index (Phi) is 5.66. The Balaban J connectivity index is 1.61. The third-order valence-corrected chi connectivity index (χ3v) is 4.89. The Hall–Kier alpha value is -3.80. The number of pyridine rings is 1. The summed E-state index contributed by atoms with van der Waals surface area (Å²) < 4.78 is 1.97. The van der Waals surface area contributed by atoms with E-state index in [0.29, 0.717) is 12.0 Å². The van der Waals surface area contributed by atoms with Crippen molar-refractivity contribution in [2.24, 2.45) is 0 Å². The minimum absolute atomic E-state index is 0.243. The van der Waals surface area contributed by atoms with E-state index in [1.54, 1.807) is 6.20 Å². The molecule has 1 N–H and O–H groups in total. The summed E-state index contributed by atoms with van der Waals surface area (Å²) >= 11 is 0. The van der Waals surface area contributed by atoms with Crippen LogP contribution in [0.5, 0.6) is 0 Å². The fourth-order valence-electron chi connectivity index (χ4n) is 3.40. The third-order valence-electron chi connectivity index (χ3n) is 4.89. The lowest BCUT2D eigenvalue weighted by Gasteiger charge is -2.08. The van der Waals surface area contributed by atoms with Gasteiger partial charge in [0, 0.05) is 36.5 Å². The summed E-state index contributed by atoms with van der Waals surface area (Å²) in [7, 11) is 0. The fraction of sp³-hybridized carbons (Fsp3) is 0.167. The number of carboxylic acids is 1. The lowest BCUT2D eigenvalue weighted by Crippen LogP contribution is -2.06. The number of hydrogen-bond donors (Lipinski definition) is 1. The Morgan fingerprint density at radius 1 is 1.00 bits per heavy atom. The van der Waals surface area contributed by atoms with Gasteiger partial charge in [0.2, 0.25) is 0 Å². The molecule has 0 spiro atoms. The van der Waals surface area contributed by atoms with E-state index in [1.165, 1.54) is 12.3 Å². The molecule has 4 aromatic rings. The van der Waals surface area contributed by atoms with Crippen LogP contribution in [0.25, 0.3) is 22.5 Å². The number of benzene rings is 2. The summed E-state index contributed by atoms with van der Waals surface area (Å²) in [6, 6.07) is 19.3. The molecule has 6 nitrogen and oxygen atoms in total. The van der Waals surface area contributed by atoms with Crippen LogP contribution in [0.2, 0.25) is 0 Å². The average molecular weight is 398 g/mol. The molecule has 2 aromatic carbocycles. The van der Waals surface area contributed by atoms with E-state index in [-0.39, 0.29) is 5.56 Å². The summed E-state index contributed by atoms with van der Waals surface area (Å²) in [5.41, 5.74) is 3.76. The largest absolute Gasteiger partial charge is 0.478 e. The number of nitrogens with zero attached hydrogens (tertiary/aromatic N) is 4. The first-order chi connectivity index (χ1) is 14.7. The Labute approximate surface area is 174 Å². The molecule has 0 radical (unpaired) electrons. The first-order valence-electron chi connectivity index (χ1n) is 9.91. The molecular formula is C24H22N4O2. The zero-order valence-electron chi connectivity index (χ0n) is 16.7. The van der Waals surface area contributed by atoms with Gasteiger partial charge in [-0.3, -0.25) is 4.98 Å². The van der Waals surface area contributed by atoms with Crippen LogP contribution in [0.4, 0.5) is 0 Å². The molecule has 2 aromatic heterocycles. The summed E-state index contributed by atoms with van der Waals surface area (Å²) in [5, 5.41) is 14.1. The van der Waals surface area contributed by atoms with Crippen molar-refractivity contribution < 1.29 is 9.90 Å². The minimum atomic E-state index is -0.961. The maximum Gasteiger partial charge on any atom is 0.336 e. The summed E-state index contributed by atoms with van der Waals surface area (Å²) in [6.45, 7) is 2.93. The molecule has 4 rings (SSSR count). The highest BCUT2D eigenvalue weighted by Gasteiger charge is 2.14. The molecule has 2 heterocycles. The van der Waals surface area contributed by atoms with Gasteiger partial charge in [-0.05, 0) is 23.6 Å². The molecule has 0 saturated heterocycles. The lowest BCUT2D eigenvalue weighted by atomic mass is 10.00. The summed E-state index contributed by atoms with van der Waals surface area (Å²) in [5.74, 6) is 0.686. The van der Waals surface area contributed by atoms with Crippen molar-refractivity contribution in [2.75, 3.05) is 0 Å². The molecule has 0 amide bonds. The van der Waals surface area contributed by atoms with Crippen LogP contribution in [0.15, 0.2) is 73.1 Å². The van der Waals surface area contributed by atoms with E-state index in [1.807, 2.05) is 59.3 Å². The number of rotatable bonds is 7. The molecule has 0 saturated carbocycles. The van der Waals surface area contributed by atoms with Crippen molar-refractivity contribution in [3.63, 3.8) is 0 Å². The zero-order chi connectivity index (χ0) is 20.9. The smallest absolute Gasteiger partial charge is 0.336 e. The highest BCUT2D eigenvalue weighted by molar-refractivity contribution is 5.95. The lowest BCUT2D eigenvalue weighted by molar-refractivity contribution is 0.0697. The monoisotopic (exact) mass is 398 g/mol. The van der Waals surface area contributed by atoms with Crippen LogP contribution < -0.4 is 0 Å². The number of carboxylic acid groups (broad SMARTS) is 1. The Morgan fingerprint density at radius 2 is 1.77 bits per heavy atom. The van der Waals surface area contributed by atoms with E-state index in [2.05, 4.69) is 11.9 Å². The molecule has 0 bridgehead atoms. The number of aryl methyl sites for hydroxylation is 1. The molecule has 0 unspecified atom stereocenters. The topological polar surface area (TPSA) is 80.9 Å². The molecule has 6 heteroatoms. The van der Waals surface area contributed by atoms with Crippen molar-refractivity contribution in [3.8, 4) is 22.5 Å². The third kappa shape index (κ3) is 4.12. The van der Waals surface area contributed by atoms with E-state index in [0.717, 1.165) is 41.3 Å². The molecule has 0 atom stereocenters. The van der Waals surface area contributed by atoms with E-state index >= 15 is 0 Å². The van der Waals surface area contributed by atoms with Gasteiger partial charge in [0.1, 0.15) is 5.82 Å². The van der Waals surface area contributed by atoms with Gasteiger partial charge in [0.05, 0.1) is 5.56 Å². The second-order valence-electron chi connectivity index (χ2n) is 7.04. The van der Waals surface area contributed by atoms with Crippen LogP contribution in [0.3, 0.4) is 0 Å². The normalized spacial score (nSPS) is 10.8. The van der Waals surface area contributed by atoms with Crippen molar-refractivity contribution in [3.05, 3.63) is 90.0 Å². The highest BCUT2D eigenvalue weighted by atomic mass is 16.4. The van der Waals surface area contributed by atoms with Gasteiger partial charge >= 0.3 is 5.97 Å². The van der Waals surface area contributed by atoms with Crippen molar-refractivity contribution in [1.29, 1.82) is 0 Å². The standard InChI is InChI=1S/C24H22N4O2/c1-2-14-28-22(26-23(27-28)19-6-4-3-5-7-19)15-17-8-10-18(11-9-17)21-16-25-13-12-20(21)24(29)30/h3-13,16H,2,14-15H2,1H3,(H,29,30). The number of aromatic carboxylic acids is 1.